The standard InChI is InChI=1S/C14H18N2O3/c1-3-10(2)13(14(18)19)16-12(17)7-6-11-5-4-8-15-9-11/h4-10,13H,3H2,1-2H3,(H,16,17)(H,18,19)/t10?,13-/m0/s1. The average Bonchev–Trinajstić information content (AvgIpc) is 2.42. The predicted octanol–water partition coefficient (Wildman–Crippen LogP) is 1.71. The van der Waals surface area contributed by atoms with E-state index in [1.165, 1.54) is 6.08 Å². The van der Waals surface area contributed by atoms with Crippen LogP contribution in [0.1, 0.15) is 25.8 Å². The van der Waals surface area contributed by atoms with Gasteiger partial charge in [0.1, 0.15) is 6.04 Å². The lowest BCUT2D eigenvalue weighted by Gasteiger charge is -2.19. The molecule has 5 nitrogen and oxygen atoms in total. The molecule has 1 aromatic heterocycles. The lowest BCUT2D eigenvalue weighted by Crippen LogP contribution is -2.44. The van der Waals surface area contributed by atoms with E-state index in [0.29, 0.717) is 6.42 Å². The van der Waals surface area contributed by atoms with Gasteiger partial charge >= 0.3 is 5.97 Å². The molecular weight excluding hydrogens is 244 g/mol. The number of hydrogen-bond acceptors (Lipinski definition) is 3. The highest BCUT2D eigenvalue weighted by Crippen LogP contribution is 2.08. The van der Waals surface area contributed by atoms with E-state index in [1.54, 1.807) is 37.5 Å². The zero-order valence-corrected chi connectivity index (χ0v) is 11.0. The van der Waals surface area contributed by atoms with Gasteiger partial charge in [-0.1, -0.05) is 26.3 Å². The zero-order valence-electron chi connectivity index (χ0n) is 11.0. The lowest BCUT2D eigenvalue weighted by molar-refractivity contribution is -0.142. The highest BCUT2D eigenvalue weighted by Gasteiger charge is 2.24. The molecule has 0 aromatic carbocycles. The minimum atomic E-state index is -1.02. The van der Waals surface area contributed by atoms with Crippen molar-refractivity contribution in [3.05, 3.63) is 36.2 Å². The Morgan fingerprint density at radius 1 is 1.53 bits per heavy atom. The Morgan fingerprint density at radius 2 is 2.26 bits per heavy atom. The van der Waals surface area contributed by atoms with Crippen LogP contribution in [0.2, 0.25) is 0 Å². The van der Waals surface area contributed by atoms with Gasteiger partial charge in [-0.3, -0.25) is 9.78 Å². The SMILES string of the molecule is CCC(C)[C@H](NC(=O)C=Cc1cccnc1)C(=O)O. The lowest BCUT2D eigenvalue weighted by atomic mass is 9.99. The smallest absolute Gasteiger partial charge is 0.326 e. The average molecular weight is 262 g/mol. The van der Waals surface area contributed by atoms with Crippen LogP contribution in [0.15, 0.2) is 30.6 Å². The van der Waals surface area contributed by atoms with Crippen molar-refractivity contribution in [1.29, 1.82) is 0 Å². The first-order chi connectivity index (χ1) is 9.04. The van der Waals surface area contributed by atoms with Gasteiger partial charge < -0.3 is 10.4 Å². The minimum Gasteiger partial charge on any atom is -0.480 e. The zero-order chi connectivity index (χ0) is 14.3. The van der Waals surface area contributed by atoms with Gasteiger partial charge in [-0.25, -0.2) is 4.79 Å². The number of amides is 1. The van der Waals surface area contributed by atoms with E-state index in [4.69, 9.17) is 5.11 Å². The van der Waals surface area contributed by atoms with Crippen molar-refractivity contribution >= 4 is 18.0 Å². The Kier molecular flexibility index (Phi) is 5.73. The number of carboxylic acids is 1. The third-order valence-corrected chi connectivity index (χ3v) is 2.89. The van der Waals surface area contributed by atoms with Crippen LogP contribution in [0.5, 0.6) is 0 Å². The van der Waals surface area contributed by atoms with Crippen molar-refractivity contribution in [2.45, 2.75) is 26.3 Å². The molecule has 0 bridgehead atoms. The first-order valence-electron chi connectivity index (χ1n) is 6.16. The fourth-order valence-electron chi connectivity index (χ4n) is 1.53. The Labute approximate surface area is 112 Å². The molecule has 5 heteroatoms. The van der Waals surface area contributed by atoms with Crippen LogP contribution in [0.4, 0.5) is 0 Å². The number of aromatic nitrogens is 1. The van der Waals surface area contributed by atoms with E-state index in [-0.39, 0.29) is 5.92 Å². The predicted molar refractivity (Wildman–Crippen MR) is 72.3 cm³/mol. The molecule has 19 heavy (non-hydrogen) atoms. The maximum absolute atomic E-state index is 11.7. The normalized spacial score (nSPS) is 14.0. The number of aliphatic carboxylic acids is 1. The number of nitrogens with zero attached hydrogens (tertiary/aromatic N) is 1. The Hall–Kier alpha value is -2.17. The molecule has 2 N–H and O–H groups in total. The largest absolute Gasteiger partial charge is 0.480 e. The number of pyridine rings is 1. The summed E-state index contributed by atoms with van der Waals surface area (Å²) in [6, 6.07) is 2.70. The van der Waals surface area contributed by atoms with Crippen molar-refractivity contribution in [1.82, 2.24) is 10.3 Å². The highest BCUT2D eigenvalue weighted by atomic mass is 16.4. The van der Waals surface area contributed by atoms with Gasteiger partial charge in [-0.15, -0.1) is 0 Å². The van der Waals surface area contributed by atoms with Gasteiger partial charge in [-0.05, 0) is 23.6 Å². The molecule has 1 unspecified atom stereocenters. The molecule has 1 amide bonds. The summed E-state index contributed by atoms with van der Waals surface area (Å²) in [6.45, 7) is 3.68. The Bertz CT molecular complexity index is 457. The molecule has 102 valence electrons. The number of carboxylic acid groups (broad SMARTS) is 1. The van der Waals surface area contributed by atoms with Gasteiger partial charge in [-0.2, -0.15) is 0 Å². The summed E-state index contributed by atoms with van der Waals surface area (Å²) in [5.41, 5.74) is 0.785. The minimum absolute atomic E-state index is 0.117. The monoisotopic (exact) mass is 262 g/mol. The highest BCUT2D eigenvalue weighted by molar-refractivity contribution is 5.94. The van der Waals surface area contributed by atoms with Crippen LogP contribution < -0.4 is 5.32 Å². The van der Waals surface area contributed by atoms with Crippen molar-refractivity contribution in [3.63, 3.8) is 0 Å². The summed E-state index contributed by atoms with van der Waals surface area (Å²) in [5, 5.41) is 11.6. The molecule has 1 heterocycles. The first-order valence-corrected chi connectivity index (χ1v) is 6.16. The molecule has 0 fully saturated rings. The molecule has 0 saturated carbocycles. The molecule has 0 saturated heterocycles. The quantitative estimate of drug-likeness (QED) is 0.765. The molecule has 1 aromatic rings. The van der Waals surface area contributed by atoms with Gasteiger partial charge in [0.25, 0.3) is 0 Å². The molecule has 0 radical (unpaired) electrons. The van der Waals surface area contributed by atoms with Crippen LogP contribution >= 0.6 is 0 Å². The fourth-order valence-corrected chi connectivity index (χ4v) is 1.53. The third-order valence-electron chi connectivity index (χ3n) is 2.89. The van der Waals surface area contributed by atoms with Gasteiger partial charge in [0.15, 0.2) is 0 Å². The maximum Gasteiger partial charge on any atom is 0.326 e. The van der Waals surface area contributed by atoms with Gasteiger partial charge in [0.05, 0.1) is 0 Å². The summed E-state index contributed by atoms with van der Waals surface area (Å²) < 4.78 is 0. The summed E-state index contributed by atoms with van der Waals surface area (Å²) in [4.78, 5) is 26.6. The van der Waals surface area contributed by atoms with Crippen LogP contribution in [0.25, 0.3) is 6.08 Å². The van der Waals surface area contributed by atoms with Crippen molar-refractivity contribution < 1.29 is 14.7 Å². The Balaban J connectivity index is 2.63. The van der Waals surface area contributed by atoms with Gasteiger partial charge in [0.2, 0.25) is 5.91 Å². The topological polar surface area (TPSA) is 79.3 Å². The number of hydrogen-bond donors (Lipinski definition) is 2. The molecule has 0 aliphatic rings. The fraction of sp³-hybridized carbons (Fsp3) is 0.357. The van der Waals surface area contributed by atoms with Crippen molar-refractivity contribution in [3.8, 4) is 0 Å². The molecule has 0 spiro atoms. The number of carbonyl (C=O) groups excluding carboxylic acids is 1. The second-order valence-electron chi connectivity index (χ2n) is 4.33. The van der Waals surface area contributed by atoms with Crippen molar-refractivity contribution in [2.24, 2.45) is 5.92 Å². The molecule has 2 atom stereocenters. The van der Waals surface area contributed by atoms with Crippen LogP contribution in [-0.4, -0.2) is 28.0 Å². The second kappa shape index (κ2) is 7.31. The van der Waals surface area contributed by atoms with Gasteiger partial charge in [0, 0.05) is 18.5 Å². The molecular formula is C14H18N2O3. The number of rotatable bonds is 6. The summed E-state index contributed by atoms with van der Waals surface area (Å²) in [6.07, 6.45) is 6.85. The second-order valence-corrected chi connectivity index (χ2v) is 4.33. The van der Waals surface area contributed by atoms with E-state index < -0.39 is 17.9 Å². The Morgan fingerprint density at radius 3 is 2.79 bits per heavy atom. The van der Waals surface area contributed by atoms with E-state index >= 15 is 0 Å². The third kappa shape index (κ3) is 4.91. The van der Waals surface area contributed by atoms with Crippen molar-refractivity contribution in [2.75, 3.05) is 0 Å². The van der Waals surface area contributed by atoms with E-state index in [9.17, 15) is 9.59 Å². The maximum atomic E-state index is 11.7. The van der Waals surface area contributed by atoms with Crippen LogP contribution in [0, 0.1) is 5.92 Å². The molecule has 1 rings (SSSR count). The van der Waals surface area contributed by atoms with E-state index in [2.05, 4.69) is 10.3 Å². The van der Waals surface area contributed by atoms with E-state index in [1.807, 2.05) is 6.92 Å². The summed E-state index contributed by atoms with van der Waals surface area (Å²) in [7, 11) is 0. The number of carbonyl (C=O) groups is 2. The molecule has 0 aliphatic carbocycles. The van der Waals surface area contributed by atoms with E-state index in [0.717, 1.165) is 5.56 Å². The van der Waals surface area contributed by atoms with Crippen LogP contribution in [-0.2, 0) is 9.59 Å². The first kappa shape index (κ1) is 14.9. The molecule has 0 aliphatic heterocycles. The summed E-state index contributed by atoms with van der Waals surface area (Å²) >= 11 is 0. The number of nitrogens with one attached hydrogen (secondary N) is 1. The summed E-state index contributed by atoms with van der Waals surface area (Å²) in [5.74, 6) is -1.55. The van der Waals surface area contributed by atoms with Crippen LogP contribution in [0.3, 0.4) is 0 Å².